The molecule has 0 bridgehead atoms. The zero-order chi connectivity index (χ0) is 12.7. The van der Waals surface area contributed by atoms with Crippen LogP contribution < -0.4 is 9.47 Å². The monoisotopic (exact) mass is 268 g/mol. The second-order valence-corrected chi connectivity index (χ2v) is 4.59. The Balaban J connectivity index is 1.95. The molecular weight excluding hydrogens is 260 g/mol. The lowest BCUT2D eigenvalue weighted by atomic mass is 9.91. The Morgan fingerprint density at radius 3 is 2.56 bits per heavy atom. The van der Waals surface area contributed by atoms with E-state index in [0.29, 0.717) is 16.5 Å². The number of carbonyl (C=O) groups excluding carboxylic acids is 2. The fourth-order valence-corrected chi connectivity index (χ4v) is 2.42. The zero-order valence-corrected chi connectivity index (χ0v) is 10.0. The number of benzene rings is 1. The summed E-state index contributed by atoms with van der Waals surface area (Å²) < 4.78 is 15.0. The van der Waals surface area contributed by atoms with Crippen molar-refractivity contribution in [2.45, 2.75) is 18.8 Å². The van der Waals surface area contributed by atoms with Crippen LogP contribution in [-0.4, -0.2) is 18.7 Å². The zero-order valence-electron chi connectivity index (χ0n) is 9.27. The third kappa shape index (κ3) is 1.90. The van der Waals surface area contributed by atoms with Gasteiger partial charge in [0.2, 0.25) is 6.79 Å². The van der Waals surface area contributed by atoms with Crippen molar-refractivity contribution in [1.29, 1.82) is 0 Å². The number of rotatable bonds is 1. The number of hydrogen-bond donors (Lipinski definition) is 0. The van der Waals surface area contributed by atoms with E-state index in [4.69, 9.17) is 21.1 Å². The van der Waals surface area contributed by atoms with Crippen molar-refractivity contribution in [3.63, 3.8) is 0 Å². The largest absolute Gasteiger partial charge is 0.454 e. The van der Waals surface area contributed by atoms with Gasteiger partial charge in [-0.2, -0.15) is 0 Å². The van der Waals surface area contributed by atoms with Crippen LogP contribution in [0.25, 0.3) is 0 Å². The Bertz CT molecular complexity index is 524. The average Bonchev–Trinajstić information content (AvgIpc) is 2.76. The number of cyclic esters (lactones) is 2. The summed E-state index contributed by atoms with van der Waals surface area (Å²) in [7, 11) is 0. The predicted octanol–water partition coefficient (Wildman–Crippen LogP) is 2.02. The Morgan fingerprint density at radius 1 is 1.11 bits per heavy atom. The Labute approximate surface area is 108 Å². The first-order valence-electron chi connectivity index (χ1n) is 5.46. The molecular formula is C12H9ClO5. The maximum Gasteiger partial charge on any atom is 0.314 e. The normalized spacial score (nSPS) is 18.9. The Hall–Kier alpha value is -1.75. The molecule has 2 aliphatic rings. The van der Waals surface area contributed by atoms with E-state index in [1.54, 1.807) is 12.1 Å². The van der Waals surface area contributed by atoms with Gasteiger partial charge in [0.15, 0.2) is 11.5 Å². The summed E-state index contributed by atoms with van der Waals surface area (Å²) >= 11 is 6.06. The maximum atomic E-state index is 11.2. The number of ether oxygens (including phenoxy) is 3. The molecule has 2 heterocycles. The fourth-order valence-electron chi connectivity index (χ4n) is 2.14. The van der Waals surface area contributed by atoms with E-state index in [-0.39, 0.29) is 25.6 Å². The minimum atomic E-state index is -0.509. The van der Waals surface area contributed by atoms with Gasteiger partial charge in [-0.05, 0) is 17.7 Å². The smallest absolute Gasteiger partial charge is 0.314 e. The lowest BCUT2D eigenvalue weighted by molar-refractivity contribution is -0.163. The lowest BCUT2D eigenvalue weighted by Crippen LogP contribution is -2.24. The quantitative estimate of drug-likeness (QED) is 0.576. The highest BCUT2D eigenvalue weighted by Crippen LogP contribution is 2.42. The predicted molar refractivity (Wildman–Crippen MR) is 60.6 cm³/mol. The van der Waals surface area contributed by atoms with Crippen LogP contribution in [0.4, 0.5) is 0 Å². The van der Waals surface area contributed by atoms with Crippen molar-refractivity contribution in [3.05, 3.63) is 22.7 Å². The van der Waals surface area contributed by atoms with E-state index < -0.39 is 11.9 Å². The van der Waals surface area contributed by atoms with Crippen molar-refractivity contribution >= 4 is 23.5 Å². The molecule has 0 unspecified atom stereocenters. The summed E-state index contributed by atoms with van der Waals surface area (Å²) in [4.78, 5) is 22.5. The van der Waals surface area contributed by atoms with E-state index in [2.05, 4.69) is 4.74 Å². The van der Waals surface area contributed by atoms with E-state index in [0.717, 1.165) is 5.56 Å². The van der Waals surface area contributed by atoms with Gasteiger partial charge >= 0.3 is 11.9 Å². The van der Waals surface area contributed by atoms with Crippen LogP contribution in [0.15, 0.2) is 12.1 Å². The molecule has 1 aromatic rings. The molecule has 5 nitrogen and oxygen atoms in total. The fraction of sp³-hybridized carbons (Fsp3) is 0.333. The maximum absolute atomic E-state index is 11.2. The van der Waals surface area contributed by atoms with Crippen molar-refractivity contribution in [3.8, 4) is 11.5 Å². The van der Waals surface area contributed by atoms with Crippen molar-refractivity contribution in [2.24, 2.45) is 0 Å². The third-order valence-corrected chi connectivity index (χ3v) is 3.26. The highest BCUT2D eigenvalue weighted by Gasteiger charge is 2.30. The molecule has 0 aliphatic carbocycles. The summed E-state index contributed by atoms with van der Waals surface area (Å²) in [6.07, 6.45) is 0.337. The molecule has 94 valence electrons. The van der Waals surface area contributed by atoms with Crippen molar-refractivity contribution < 1.29 is 23.8 Å². The average molecular weight is 269 g/mol. The second kappa shape index (κ2) is 4.17. The number of halogens is 1. The van der Waals surface area contributed by atoms with E-state index in [1.165, 1.54) is 0 Å². The van der Waals surface area contributed by atoms with Crippen LogP contribution >= 0.6 is 11.6 Å². The molecule has 1 fully saturated rings. The topological polar surface area (TPSA) is 61.8 Å². The van der Waals surface area contributed by atoms with Crippen LogP contribution in [0.2, 0.25) is 5.02 Å². The molecule has 0 atom stereocenters. The number of esters is 2. The third-order valence-electron chi connectivity index (χ3n) is 2.97. The van der Waals surface area contributed by atoms with E-state index in [1.807, 2.05) is 0 Å². The molecule has 0 aromatic heterocycles. The molecule has 0 amide bonds. The van der Waals surface area contributed by atoms with Crippen LogP contribution in [0.5, 0.6) is 11.5 Å². The van der Waals surface area contributed by atoms with Crippen LogP contribution in [0, 0.1) is 0 Å². The summed E-state index contributed by atoms with van der Waals surface area (Å²) in [5, 5.41) is 0.423. The molecule has 2 aliphatic heterocycles. The number of hydrogen-bond acceptors (Lipinski definition) is 5. The van der Waals surface area contributed by atoms with Gasteiger partial charge in [0.25, 0.3) is 0 Å². The Morgan fingerprint density at radius 2 is 1.83 bits per heavy atom. The van der Waals surface area contributed by atoms with Gasteiger partial charge in [0.1, 0.15) is 0 Å². The van der Waals surface area contributed by atoms with Gasteiger partial charge in [-0.3, -0.25) is 9.59 Å². The van der Waals surface area contributed by atoms with Gasteiger partial charge in [0, 0.05) is 5.92 Å². The summed E-state index contributed by atoms with van der Waals surface area (Å²) in [5.41, 5.74) is 0.786. The molecule has 0 radical (unpaired) electrons. The molecule has 18 heavy (non-hydrogen) atoms. The molecule has 0 saturated carbocycles. The molecule has 1 saturated heterocycles. The van der Waals surface area contributed by atoms with Crippen molar-refractivity contribution in [2.75, 3.05) is 6.79 Å². The SMILES string of the molecule is O=C1CC(c2cc(Cl)c3c(c2)OCO3)CC(=O)O1. The number of fused-ring (bicyclic) bond motifs is 1. The van der Waals surface area contributed by atoms with Gasteiger partial charge in [-0.15, -0.1) is 0 Å². The van der Waals surface area contributed by atoms with Crippen LogP contribution in [0.3, 0.4) is 0 Å². The highest BCUT2D eigenvalue weighted by molar-refractivity contribution is 6.32. The lowest BCUT2D eigenvalue weighted by Gasteiger charge is -2.20. The Kier molecular flexibility index (Phi) is 2.63. The van der Waals surface area contributed by atoms with Crippen LogP contribution in [0.1, 0.15) is 24.3 Å². The molecule has 0 N–H and O–H groups in total. The first-order chi connectivity index (χ1) is 8.63. The first kappa shape index (κ1) is 11.3. The minimum absolute atomic E-state index is 0.129. The van der Waals surface area contributed by atoms with Gasteiger partial charge in [0.05, 0.1) is 17.9 Å². The summed E-state index contributed by atoms with van der Waals surface area (Å²) in [6.45, 7) is 0.129. The van der Waals surface area contributed by atoms with Gasteiger partial charge in [-0.25, -0.2) is 0 Å². The molecule has 1 aromatic carbocycles. The van der Waals surface area contributed by atoms with Crippen molar-refractivity contribution in [1.82, 2.24) is 0 Å². The second-order valence-electron chi connectivity index (χ2n) is 4.19. The highest BCUT2D eigenvalue weighted by atomic mass is 35.5. The van der Waals surface area contributed by atoms with Gasteiger partial charge < -0.3 is 14.2 Å². The summed E-state index contributed by atoms with van der Waals surface area (Å²) in [5.74, 6) is -0.185. The molecule has 0 spiro atoms. The van der Waals surface area contributed by atoms with Gasteiger partial charge in [-0.1, -0.05) is 11.6 Å². The first-order valence-corrected chi connectivity index (χ1v) is 5.84. The standard InChI is InChI=1S/C12H9ClO5/c13-8-1-6(2-9-12(8)17-5-16-9)7-3-10(14)18-11(15)4-7/h1-2,7H,3-5H2. The number of carbonyl (C=O) groups is 2. The molecule has 3 rings (SSSR count). The molecule has 6 heteroatoms. The minimum Gasteiger partial charge on any atom is -0.454 e. The van der Waals surface area contributed by atoms with E-state index in [9.17, 15) is 9.59 Å². The van der Waals surface area contributed by atoms with E-state index >= 15 is 0 Å². The summed E-state index contributed by atoms with van der Waals surface area (Å²) in [6, 6.07) is 3.45. The van der Waals surface area contributed by atoms with Crippen LogP contribution in [-0.2, 0) is 14.3 Å².